The van der Waals surface area contributed by atoms with Gasteiger partial charge < -0.3 is 19.7 Å². The van der Waals surface area contributed by atoms with Crippen LogP contribution in [0.25, 0.3) is 0 Å². The van der Waals surface area contributed by atoms with Crippen molar-refractivity contribution in [3.63, 3.8) is 0 Å². The standard InChI is InChI=1S/C18H27N3O3.ClH/c1-23-15-10-14(11-16(12-15)24-2)13-20-6-8-21(9-7-20)18(22)17-4-3-5-19-17;/h10-12,17,19H,3-9,13H2,1-2H3;1H. The average Bonchev–Trinajstić information content (AvgIpc) is 3.16. The maximum atomic E-state index is 12.4. The van der Waals surface area contributed by atoms with Crippen molar-refractivity contribution in [2.24, 2.45) is 0 Å². The molecule has 1 amide bonds. The molecule has 0 aliphatic carbocycles. The molecule has 1 aromatic carbocycles. The fraction of sp³-hybridized carbons (Fsp3) is 0.611. The second-order valence-corrected chi connectivity index (χ2v) is 6.47. The summed E-state index contributed by atoms with van der Waals surface area (Å²) in [5.74, 6) is 1.89. The predicted octanol–water partition coefficient (Wildman–Crippen LogP) is 1.52. The Morgan fingerprint density at radius 3 is 2.28 bits per heavy atom. The molecule has 0 radical (unpaired) electrons. The van der Waals surface area contributed by atoms with Crippen molar-refractivity contribution in [1.29, 1.82) is 0 Å². The van der Waals surface area contributed by atoms with Crippen LogP contribution in [0.5, 0.6) is 11.5 Å². The summed E-state index contributed by atoms with van der Waals surface area (Å²) < 4.78 is 10.7. The molecule has 7 heteroatoms. The van der Waals surface area contributed by atoms with Crippen LogP contribution in [0.15, 0.2) is 18.2 Å². The van der Waals surface area contributed by atoms with Crippen LogP contribution < -0.4 is 14.8 Å². The second kappa shape index (κ2) is 9.27. The van der Waals surface area contributed by atoms with Gasteiger partial charge in [0, 0.05) is 38.8 Å². The number of methoxy groups -OCH3 is 2. The Morgan fingerprint density at radius 1 is 1.12 bits per heavy atom. The molecule has 140 valence electrons. The van der Waals surface area contributed by atoms with E-state index in [1.54, 1.807) is 14.2 Å². The van der Waals surface area contributed by atoms with Crippen LogP contribution in [0.4, 0.5) is 0 Å². The zero-order valence-corrected chi connectivity index (χ0v) is 15.8. The summed E-state index contributed by atoms with van der Waals surface area (Å²) in [6.07, 6.45) is 2.08. The van der Waals surface area contributed by atoms with Gasteiger partial charge in [-0.1, -0.05) is 0 Å². The van der Waals surface area contributed by atoms with Gasteiger partial charge >= 0.3 is 0 Å². The fourth-order valence-electron chi connectivity index (χ4n) is 3.46. The SMILES string of the molecule is COc1cc(CN2CCN(C(=O)C3CCCN3)CC2)cc(OC)c1.Cl. The maximum Gasteiger partial charge on any atom is 0.239 e. The summed E-state index contributed by atoms with van der Waals surface area (Å²) in [6.45, 7) is 5.22. The minimum Gasteiger partial charge on any atom is -0.497 e. The van der Waals surface area contributed by atoms with E-state index in [0.717, 1.165) is 63.6 Å². The first kappa shape index (κ1) is 19.8. The van der Waals surface area contributed by atoms with E-state index in [4.69, 9.17) is 9.47 Å². The van der Waals surface area contributed by atoms with Crippen molar-refractivity contribution in [1.82, 2.24) is 15.1 Å². The number of amides is 1. The first-order chi connectivity index (χ1) is 11.7. The average molecular weight is 370 g/mol. The molecule has 1 unspecified atom stereocenters. The number of piperazine rings is 1. The Morgan fingerprint density at radius 2 is 1.76 bits per heavy atom. The summed E-state index contributed by atoms with van der Waals surface area (Å²) in [4.78, 5) is 16.8. The van der Waals surface area contributed by atoms with E-state index in [2.05, 4.69) is 10.2 Å². The molecule has 0 saturated carbocycles. The highest BCUT2D eigenvalue weighted by molar-refractivity contribution is 5.85. The van der Waals surface area contributed by atoms with E-state index >= 15 is 0 Å². The van der Waals surface area contributed by atoms with Gasteiger partial charge in [-0.3, -0.25) is 9.69 Å². The number of ether oxygens (including phenoxy) is 2. The molecule has 0 spiro atoms. The third kappa shape index (κ3) is 5.00. The summed E-state index contributed by atoms with van der Waals surface area (Å²) in [7, 11) is 3.33. The molecule has 2 aliphatic heterocycles. The lowest BCUT2D eigenvalue weighted by Gasteiger charge is -2.36. The van der Waals surface area contributed by atoms with Gasteiger partial charge in [-0.05, 0) is 37.1 Å². The first-order valence-corrected chi connectivity index (χ1v) is 8.66. The zero-order valence-electron chi connectivity index (χ0n) is 15.0. The van der Waals surface area contributed by atoms with Crippen LogP contribution in [0.3, 0.4) is 0 Å². The molecule has 0 aromatic heterocycles. The third-order valence-electron chi connectivity index (χ3n) is 4.86. The highest BCUT2D eigenvalue weighted by atomic mass is 35.5. The lowest BCUT2D eigenvalue weighted by molar-refractivity contribution is -0.134. The van der Waals surface area contributed by atoms with E-state index in [-0.39, 0.29) is 24.4 Å². The van der Waals surface area contributed by atoms with Gasteiger partial charge in [0.25, 0.3) is 0 Å². The Bertz CT molecular complexity index is 548. The number of hydrogen-bond donors (Lipinski definition) is 1. The zero-order chi connectivity index (χ0) is 16.9. The van der Waals surface area contributed by atoms with E-state index in [1.165, 1.54) is 5.56 Å². The minimum atomic E-state index is 0. The number of nitrogens with zero attached hydrogens (tertiary/aromatic N) is 2. The molecule has 0 bridgehead atoms. The number of rotatable bonds is 5. The van der Waals surface area contributed by atoms with Crippen molar-refractivity contribution in [3.8, 4) is 11.5 Å². The van der Waals surface area contributed by atoms with Crippen LogP contribution in [0.1, 0.15) is 18.4 Å². The van der Waals surface area contributed by atoms with Gasteiger partial charge in [-0.25, -0.2) is 0 Å². The number of hydrogen-bond acceptors (Lipinski definition) is 5. The van der Waals surface area contributed by atoms with Crippen LogP contribution in [-0.4, -0.2) is 68.7 Å². The van der Waals surface area contributed by atoms with Crippen LogP contribution in [0, 0.1) is 0 Å². The van der Waals surface area contributed by atoms with Crippen LogP contribution in [0.2, 0.25) is 0 Å². The molecule has 25 heavy (non-hydrogen) atoms. The molecular formula is C18H28ClN3O3. The smallest absolute Gasteiger partial charge is 0.239 e. The monoisotopic (exact) mass is 369 g/mol. The lowest BCUT2D eigenvalue weighted by atomic mass is 10.1. The van der Waals surface area contributed by atoms with Crippen LogP contribution >= 0.6 is 12.4 Å². The molecule has 2 saturated heterocycles. The Labute approximate surface area is 155 Å². The largest absolute Gasteiger partial charge is 0.497 e. The van der Waals surface area contributed by atoms with E-state index < -0.39 is 0 Å². The molecule has 1 atom stereocenters. The normalized spacial score (nSPS) is 20.9. The number of benzene rings is 1. The van der Waals surface area contributed by atoms with E-state index in [9.17, 15) is 4.79 Å². The van der Waals surface area contributed by atoms with Crippen molar-refractivity contribution in [2.75, 3.05) is 46.9 Å². The maximum absolute atomic E-state index is 12.4. The molecule has 1 aromatic rings. The topological polar surface area (TPSA) is 54.0 Å². The van der Waals surface area contributed by atoms with E-state index in [1.807, 2.05) is 23.1 Å². The summed E-state index contributed by atoms with van der Waals surface area (Å²) in [5.41, 5.74) is 1.17. The van der Waals surface area contributed by atoms with Gasteiger partial charge in [0.2, 0.25) is 5.91 Å². The van der Waals surface area contributed by atoms with Crippen molar-refractivity contribution in [3.05, 3.63) is 23.8 Å². The van der Waals surface area contributed by atoms with Gasteiger partial charge in [0.15, 0.2) is 0 Å². The number of nitrogens with one attached hydrogen (secondary N) is 1. The number of carbonyl (C=O) groups excluding carboxylic acids is 1. The molecule has 6 nitrogen and oxygen atoms in total. The summed E-state index contributed by atoms with van der Waals surface area (Å²) in [6, 6.07) is 6.01. The van der Waals surface area contributed by atoms with Crippen molar-refractivity contribution >= 4 is 18.3 Å². The molecule has 1 N–H and O–H groups in total. The van der Waals surface area contributed by atoms with E-state index in [0.29, 0.717) is 0 Å². The molecule has 2 fully saturated rings. The summed E-state index contributed by atoms with van der Waals surface area (Å²) in [5, 5.41) is 3.30. The first-order valence-electron chi connectivity index (χ1n) is 8.66. The van der Waals surface area contributed by atoms with Gasteiger partial charge in [-0.15, -0.1) is 12.4 Å². The Kier molecular flexibility index (Phi) is 7.35. The van der Waals surface area contributed by atoms with Gasteiger partial charge in [0.05, 0.1) is 20.3 Å². The third-order valence-corrected chi connectivity index (χ3v) is 4.86. The predicted molar refractivity (Wildman–Crippen MR) is 99.7 cm³/mol. The number of carbonyl (C=O) groups is 1. The van der Waals surface area contributed by atoms with Crippen molar-refractivity contribution < 1.29 is 14.3 Å². The molecule has 3 rings (SSSR count). The second-order valence-electron chi connectivity index (χ2n) is 6.47. The summed E-state index contributed by atoms with van der Waals surface area (Å²) >= 11 is 0. The van der Waals surface area contributed by atoms with Crippen molar-refractivity contribution in [2.45, 2.75) is 25.4 Å². The number of halogens is 1. The fourth-order valence-corrected chi connectivity index (χ4v) is 3.46. The lowest BCUT2D eigenvalue weighted by Crippen LogP contribution is -2.52. The van der Waals surface area contributed by atoms with Crippen LogP contribution in [-0.2, 0) is 11.3 Å². The molecule has 2 aliphatic rings. The molecular weight excluding hydrogens is 342 g/mol. The highest BCUT2D eigenvalue weighted by Gasteiger charge is 2.29. The molecule has 2 heterocycles. The van der Waals surface area contributed by atoms with Gasteiger partial charge in [0.1, 0.15) is 11.5 Å². The van der Waals surface area contributed by atoms with Gasteiger partial charge in [-0.2, -0.15) is 0 Å². The quantitative estimate of drug-likeness (QED) is 0.853. The highest BCUT2D eigenvalue weighted by Crippen LogP contribution is 2.23. The minimum absolute atomic E-state index is 0. The Hall–Kier alpha value is -1.50. The Balaban J connectivity index is 0.00000225.